The SMILES string of the molecule is CCNC(=O)c1ccnc(N2CCCCCC2)c1. The van der Waals surface area contributed by atoms with E-state index in [2.05, 4.69) is 15.2 Å². The molecule has 1 fully saturated rings. The van der Waals surface area contributed by atoms with Crippen molar-refractivity contribution < 1.29 is 4.79 Å². The molecule has 0 spiro atoms. The molecule has 1 aromatic rings. The van der Waals surface area contributed by atoms with E-state index in [4.69, 9.17) is 0 Å². The van der Waals surface area contributed by atoms with Gasteiger partial charge in [0.25, 0.3) is 5.91 Å². The van der Waals surface area contributed by atoms with Crippen molar-refractivity contribution in [1.29, 1.82) is 0 Å². The summed E-state index contributed by atoms with van der Waals surface area (Å²) in [4.78, 5) is 18.5. The summed E-state index contributed by atoms with van der Waals surface area (Å²) in [5, 5.41) is 2.82. The van der Waals surface area contributed by atoms with Crippen molar-refractivity contribution in [3.05, 3.63) is 23.9 Å². The highest BCUT2D eigenvalue weighted by molar-refractivity contribution is 5.94. The second-order valence-corrected chi connectivity index (χ2v) is 4.66. The van der Waals surface area contributed by atoms with Gasteiger partial charge in [0.05, 0.1) is 0 Å². The third-order valence-corrected chi connectivity index (χ3v) is 3.28. The fourth-order valence-corrected chi connectivity index (χ4v) is 2.29. The van der Waals surface area contributed by atoms with Crippen molar-refractivity contribution in [3.8, 4) is 0 Å². The molecule has 1 aromatic heterocycles. The Hall–Kier alpha value is -1.58. The summed E-state index contributed by atoms with van der Waals surface area (Å²) in [5.74, 6) is 0.914. The van der Waals surface area contributed by atoms with Gasteiger partial charge in [-0.1, -0.05) is 12.8 Å². The molecule has 4 heteroatoms. The van der Waals surface area contributed by atoms with Crippen LogP contribution in [0.2, 0.25) is 0 Å². The van der Waals surface area contributed by atoms with Gasteiger partial charge < -0.3 is 10.2 Å². The molecule has 1 saturated heterocycles. The normalized spacial score (nSPS) is 16.2. The molecule has 0 aromatic carbocycles. The number of aromatic nitrogens is 1. The number of anilines is 1. The lowest BCUT2D eigenvalue weighted by Gasteiger charge is -2.21. The average Bonchev–Trinajstić information content (AvgIpc) is 2.68. The number of nitrogens with zero attached hydrogens (tertiary/aromatic N) is 2. The number of nitrogens with one attached hydrogen (secondary N) is 1. The van der Waals surface area contributed by atoms with E-state index in [1.807, 2.05) is 13.0 Å². The van der Waals surface area contributed by atoms with Gasteiger partial charge >= 0.3 is 0 Å². The third-order valence-electron chi connectivity index (χ3n) is 3.28. The zero-order valence-electron chi connectivity index (χ0n) is 11.0. The maximum Gasteiger partial charge on any atom is 0.251 e. The zero-order valence-corrected chi connectivity index (χ0v) is 11.0. The smallest absolute Gasteiger partial charge is 0.251 e. The van der Waals surface area contributed by atoms with Crippen molar-refractivity contribution in [1.82, 2.24) is 10.3 Å². The van der Waals surface area contributed by atoms with E-state index in [-0.39, 0.29) is 5.91 Å². The molecule has 1 aliphatic heterocycles. The molecule has 0 unspecified atom stereocenters. The van der Waals surface area contributed by atoms with E-state index in [1.54, 1.807) is 12.3 Å². The monoisotopic (exact) mass is 247 g/mol. The molecule has 1 amide bonds. The summed E-state index contributed by atoms with van der Waals surface area (Å²) < 4.78 is 0. The molecule has 0 atom stereocenters. The molecule has 2 rings (SSSR count). The fourth-order valence-electron chi connectivity index (χ4n) is 2.29. The van der Waals surface area contributed by atoms with Crippen LogP contribution in [0.15, 0.2) is 18.3 Å². The number of amides is 1. The van der Waals surface area contributed by atoms with E-state index >= 15 is 0 Å². The van der Waals surface area contributed by atoms with Crippen molar-refractivity contribution in [3.63, 3.8) is 0 Å². The molecule has 1 N–H and O–H groups in total. The van der Waals surface area contributed by atoms with Crippen molar-refractivity contribution in [2.24, 2.45) is 0 Å². The van der Waals surface area contributed by atoms with Gasteiger partial charge in [0.1, 0.15) is 5.82 Å². The van der Waals surface area contributed by atoms with Crippen LogP contribution in [0.1, 0.15) is 43.0 Å². The maximum atomic E-state index is 11.8. The summed E-state index contributed by atoms with van der Waals surface area (Å²) in [6, 6.07) is 3.67. The Morgan fingerprint density at radius 1 is 1.33 bits per heavy atom. The number of rotatable bonds is 3. The Balaban J connectivity index is 2.12. The lowest BCUT2D eigenvalue weighted by molar-refractivity contribution is 0.0955. The Bertz CT molecular complexity index is 398. The van der Waals surface area contributed by atoms with E-state index in [0.717, 1.165) is 18.9 Å². The lowest BCUT2D eigenvalue weighted by Crippen LogP contribution is -2.26. The predicted molar refractivity (Wildman–Crippen MR) is 72.9 cm³/mol. The second-order valence-electron chi connectivity index (χ2n) is 4.66. The molecule has 4 nitrogen and oxygen atoms in total. The van der Waals surface area contributed by atoms with E-state index in [1.165, 1.54) is 25.7 Å². The summed E-state index contributed by atoms with van der Waals surface area (Å²) in [6.45, 7) is 4.67. The molecular weight excluding hydrogens is 226 g/mol. The first-order valence-corrected chi connectivity index (χ1v) is 6.80. The predicted octanol–water partition coefficient (Wildman–Crippen LogP) is 2.21. The van der Waals surface area contributed by atoms with Crippen LogP contribution in [0.25, 0.3) is 0 Å². The third kappa shape index (κ3) is 3.22. The number of pyridine rings is 1. The molecule has 0 radical (unpaired) electrons. The van der Waals surface area contributed by atoms with Crippen LogP contribution in [0, 0.1) is 0 Å². The first-order chi connectivity index (χ1) is 8.81. The van der Waals surface area contributed by atoms with E-state index in [9.17, 15) is 4.79 Å². The Morgan fingerprint density at radius 3 is 2.72 bits per heavy atom. The van der Waals surface area contributed by atoms with Crippen LogP contribution >= 0.6 is 0 Å². The summed E-state index contributed by atoms with van der Waals surface area (Å²) in [5.41, 5.74) is 0.700. The van der Waals surface area contributed by atoms with Crippen LogP contribution in [-0.4, -0.2) is 30.5 Å². The van der Waals surface area contributed by atoms with Gasteiger partial charge in [-0.3, -0.25) is 4.79 Å². The minimum absolute atomic E-state index is 0.0176. The lowest BCUT2D eigenvalue weighted by atomic mass is 10.2. The first kappa shape index (κ1) is 12.9. The van der Waals surface area contributed by atoms with Gasteiger partial charge in [0, 0.05) is 31.4 Å². The number of carbonyl (C=O) groups excluding carboxylic acids is 1. The second kappa shape index (κ2) is 6.38. The topological polar surface area (TPSA) is 45.2 Å². The fraction of sp³-hybridized carbons (Fsp3) is 0.571. The molecule has 98 valence electrons. The van der Waals surface area contributed by atoms with Crippen LogP contribution < -0.4 is 10.2 Å². The largest absolute Gasteiger partial charge is 0.357 e. The molecule has 0 bridgehead atoms. The zero-order chi connectivity index (χ0) is 12.8. The maximum absolute atomic E-state index is 11.8. The number of hydrogen-bond donors (Lipinski definition) is 1. The molecule has 18 heavy (non-hydrogen) atoms. The number of carbonyl (C=O) groups is 1. The summed E-state index contributed by atoms with van der Waals surface area (Å²) in [7, 11) is 0. The van der Waals surface area contributed by atoms with E-state index in [0.29, 0.717) is 12.1 Å². The highest BCUT2D eigenvalue weighted by Gasteiger charge is 2.13. The van der Waals surface area contributed by atoms with Gasteiger partial charge in [0.2, 0.25) is 0 Å². The Labute approximate surface area is 108 Å². The quantitative estimate of drug-likeness (QED) is 0.890. The van der Waals surface area contributed by atoms with Crippen molar-refractivity contribution >= 4 is 11.7 Å². The Morgan fingerprint density at radius 2 is 2.06 bits per heavy atom. The Kier molecular flexibility index (Phi) is 4.56. The van der Waals surface area contributed by atoms with Gasteiger partial charge in [-0.15, -0.1) is 0 Å². The van der Waals surface area contributed by atoms with Gasteiger partial charge in [-0.05, 0) is 31.9 Å². The summed E-state index contributed by atoms with van der Waals surface area (Å²) in [6.07, 6.45) is 6.75. The molecular formula is C14H21N3O. The molecule has 1 aliphatic rings. The standard InChI is InChI=1S/C14H21N3O/c1-2-15-14(18)12-7-8-16-13(11-12)17-9-5-3-4-6-10-17/h7-8,11H,2-6,9-10H2,1H3,(H,15,18). The first-order valence-electron chi connectivity index (χ1n) is 6.80. The van der Waals surface area contributed by atoms with Gasteiger partial charge in [0.15, 0.2) is 0 Å². The molecule has 0 aliphatic carbocycles. The highest BCUT2D eigenvalue weighted by atomic mass is 16.1. The van der Waals surface area contributed by atoms with E-state index < -0.39 is 0 Å². The van der Waals surface area contributed by atoms with Crippen molar-refractivity contribution in [2.45, 2.75) is 32.6 Å². The van der Waals surface area contributed by atoms with Crippen molar-refractivity contribution in [2.75, 3.05) is 24.5 Å². The molecule has 2 heterocycles. The highest BCUT2D eigenvalue weighted by Crippen LogP contribution is 2.18. The van der Waals surface area contributed by atoms with Gasteiger partial charge in [-0.25, -0.2) is 4.98 Å². The van der Waals surface area contributed by atoms with Crippen LogP contribution in [0.4, 0.5) is 5.82 Å². The van der Waals surface area contributed by atoms with Crippen LogP contribution in [0.3, 0.4) is 0 Å². The van der Waals surface area contributed by atoms with Crippen LogP contribution in [-0.2, 0) is 0 Å². The minimum atomic E-state index is -0.0176. The minimum Gasteiger partial charge on any atom is -0.357 e. The van der Waals surface area contributed by atoms with Gasteiger partial charge in [-0.2, -0.15) is 0 Å². The number of hydrogen-bond acceptors (Lipinski definition) is 3. The summed E-state index contributed by atoms with van der Waals surface area (Å²) >= 11 is 0. The average molecular weight is 247 g/mol. The van der Waals surface area contributed by atoms with Crippen LogP contribution in [0.5, 0.6) is 0 Å². The molecule has 0 saturated carbocycles.